The molecule has 1 aromatic carbocycles. The lowest BCUT2D eigenvalue weighted by Gasteiger charge is -2.36. The van der Waals surface area contributed by atoms with Crippen LogP contribution in [0.4, 0.5) is 5.69 Å². The molecule has 3 fully saturated rings. The van der Waals surface area contributed by atoms with Crippen molar-refractivity contribution >= 4 is 11.7 Å². The van der Waals surface area contributed by atoms with Gasteiger partial charge in [0.25, 0.3) is 5.69 Å². The maximum Gasteiger partial charge on any atom is 0.338 e. The summed E-state index contributed by atoms with van der Waals surface area (Å²) in [5.74, 6) is -2.30. The van der Waals surface area contributed by atoms with Crippen LogP contribution in [0.2, 0.25) is 0 Å². The van der Waals surface area contributed by atoms with Gasteiger partial charge in [-0.05, 0) is 39.8 Å². The number of esters is 1. The molecule has 0 N–H and O–H groups in total. The fourth-order valence-electron chi connectivity index (χ4n) is 3.79. The Kier molecular flexibility index (Phi) is 4.87. The number of carbonyl (C=O) groups is 1. The third kappa shape index (κ3) is 3.99. The Labute approximate surface area is 167 Å². The standard InChI is InChI=1S/C19H23NO9/c1-18(2)26-13-12(25-17-15(14(13)27-18)28-19(3,4)29-17)9-24-16(21)10-5-7-11(8-6-10)20(22)23/h5-8,12-15,17H,9H2,1-4H3/t12-,13+,14+,15-,17+/m1/s1. The summed E-state index contributed by atoms with van der Waals surface area (Å²) in [7, 11) is 0. The van der Waals surface area contributed by atoms with E-state index in [2.05, 4.69) is 0 Å². The van der Waals surface area contributed by atoms with Crippen LogP contribution in [0.5, 0.6) is 0 Å². The van der Waals surface area contributed by atoms with E-state index in [1.165, 1.54) is 24.3 Å². The SMILES string of the molecule is CC1(C)O[C@H]2[C@@H](O1)[C@@H](COC(=O)c1ccc([N+](=O)[O-])cc1)O[C@H]1OC(C)(C)O[C@@H]12. The highest BCUT2D eigenvalue weighted by atomic mass is 16.9. The molecule has 0 amide bonds. The number of nitrogens with zero attached hydrogens (tertiary/aromatic N) is 1. The van der Waals surface area contributed by atoms with Gasteiger partial charge in [-0.3, -0.25) is 10.1 Å². The molecule has 4 rings (SSSR count). The molecule has 0 radical (unpaired) electrons. The second kappa shape index (κ2) is 6.99. The maximum absolute atomic E-state index is 12.3. The fourth-order valence-corrected chi connectivity index (χ4v) is 3.79. The van der Waals surface area contributed by atoms with Crippen LogP contribution in [0.15, 0.2) is 24.3 Å². The molecule has 0 saturated carbocycles. The van der Waals surface area contributed by atoms with E-state index in [1.807, 2.05) is 0 Å². The summed E-state index contributed by atoms with van der Waals surface area (Å²) >= 11 is 0. The smallest absolute Gasteiger partial charge is 0.338 e. The van der Waals surface area contributed by atoms with E-state index >= 15 is 0 Å². The van der Waals surface area contributed by atoms with Gasteiger partial charge in [-0.1, -0.05) is 0 Å². The molecule has 1 aromatic rings. The minimum atomic E-state index is -0.843. The number of hydrogen-bond acceptors (Lipinski definition) is 9. The lowest BCUT2D eigenvalue weighted by atomic mass is 9.99. The highest BCUT2D eigenvalue weighted by Crippen LogP contribution is 2.44. The average molecular weight is 409 g/mol. The van der Waals surface area contributed by atoms with E-state index in [4.69, 9.17) is 28.4 Å². The first-order valence-corrected chi connectivity index (χ1v) is 9.33. The van der Waals surface area contributed by atoms with Crippen molar-refractivity contribution in [1.29, 1.82) is 0 Å². The first kappa shape index (κ1) is 20.2. The minimum Gasteiger partial charge on any atom is -0.459 e. The molecule has 3 heterocycles. The van der Waals surface area contributed by atoms with Gasteiger partial charge in [-0.15, -0.1) is 0 Å². The quantitative estimate of drug-likeness (QED) is 0.419. The molecule has 10 heteroatoms. The summed E-state index contributed by atoms with van der Waals surface area (Å²) in [6, 6.07) is 5.18. The number of non-ortho nitro benzene ring substituents is 1. The topological polar surface area (TPSA) is 116 Å². The molecule has 29 heavy (non-hydrogen) atoms. The molecule has 3 aliphatic rings. The van der Waals surface area contributed by atoms with Crippen LogP contribution < -0.4 is 0 Å². The van der Waals surface area contributed by atoms with Crippen LogP contribution in [0.25, 0.3) is 0 Å². The van der Waals surface area contributed by atoms with E-state index in [0.29, 0.717) is 0 Å². The zero-order chi connectivity index (χ0) is 21.0. The predicted molar refractivity (Wildman–Crippen MR) is 95.9 cm³/mol. The number of benzene rings is 1. The highest BCUT2D eigenvalue weighted by Gasteiger charge is 2.60. The number of nitro groups is 1. The highest BCUT2D eigenvalue weighted by molar-refractivity contribution is 5.89. The van der Waals surface area contributed by atoms with Crippen LogP contribution in [0, 0.1) is 10.1 Å². The summed E-state index contributed by atoms with van der Waals surface area (Å²) in [6.07, 6.45) is -2.70. The molecule has 10 nitrogen and oxygen atoms in total. The number of rotatable bonds is 4. The van der Waals surface area contributed by atoms with E-state index < -0.39 is 53.2 Å². The van der Waals surface area contributed by atoms with E-state index in [1.54, 1.807) is 27.7 Å². The summed E-state index contributed by atoms with van der Waals surface area (Å²) in [4.78, 5) is 22.5. The van der Waals surface area contributed by atoms with Gasteiger partial charge in [0.1, 0.15) is 31.0 Å². The maximum atomic E-state index is 12.3. The largest absolute Gasteiger partial charge is 0.459 e. The predicted octanol–water partition coefficient (Wildman–Crippen LogP) is 2.15. The number of fused-ring (bicyclic) bond motifs is 3. The lowest BCUT2D eigenvalue weighted by molar-refractivity contribution is -0.384. The van der Waals surface area contributed by atoms with Gasteiger partial charge in [-0.25, -0.2) is 4.79 Å². The normalized spacial score (nSPS) is 34.3. The van der Waals surface area contributed by atoms with Crippen LogP contribution in [0.3, 0.4) is 0 Å². The van der Waals surface area contributed by atoms with Crippen molar-refractivity contribution in [3.63, 3.8) is 0 Å². The average Bonchev–Trinajstić information content (AvgIpc) is 3.13. The van der Waals surface area contributed by atoms with Crippen LogP contribution in [-0.4, -0.2) is 59.8 Å². The first-order valence-electron chi connectivity index (χ1n) is 9.33. The van der Waals surface area contributed by atoms with Crippen molar-refractivity contribution in [2.75, 3.05) is 6.61 Å². The Morgan fingerprint density at radius 1 is 1.00 bits per heavy atom. The Balaban J connectivity index is 1.45. The zero-order valence-corrected chi connectivity index (χ0v) is 16.5. The van der Waals surface area contributed by atoms with Gasteiger partial charge in [0.2, 0.25) is 0 Å². The molecule has 158 valence electrons. The number of hydrogen-bond donors (Lipinski definition) is 0. The molecular weight excluding hydrogens is 386 g/mol. The molecule has 0 spiro atoms. The first-order chi connectivity index (χ1) is 13.5. The molecule has 0 bridgehead atoms. The molecule has 0 unspecified atom stereocenters. The van der Waals surface area contributed by atoms with Gasteiger partial charge >= 0.3 is 5.97 Å². The number of nitro benzene ring substituents is 1. The second-order valence-corrected chi connectivity index (χ2v) is 8.11. The lowest BCUT2D eigenvalue weighted by Crippen LogP contribution is -2.56. The zero-order valence-electron chi connectivity index (χ0n) is 16.5. The van der Waals surface area contributed by atoms with Crippen molar-refractivity contribution < 1.29 is 38.1 Å². The number of carbonyl (C=O) groups excluding carboxylic acids is 1. The Hall–Kier alpha value is -2.11. The van der Waals surface area contributed by atoms with Crippen LogP contribution >= 0.6 is 0 Å². The van der Waals surface area contributed by atoms with Gasteiger partial charge in [0, 0.05) is 12.1 Å². The van der Waals surface area contributed by atoms with Crippen molar-refractivity contribution in [3.05, 3.63) is 39.9 Å². The summed E-state index contributed by atoms with van der Waals surface area (Å²) < 4.78 is 35.0. The van der Waals surface area contributed by atoms with Gasteiger partial charge in [-0.2, -0.15) is 0 Å². The molecule has 0 aromatic heterocycles. The molecule has 3 saturated heterocycles. The van der Waals surface area contributed by atoms with Gasteiger partial charge < -0.3 is 28.4 Å². The van der Waals surface area contributed by atoms with Crippen LogP contribution in [0.1, 0.15) is 38.1 Å². The minimum absolute atomic E-state index is 0.0938. The second-order valence-electron chi connectivity index (χ2n) is 8.11. The van der Waals surface area contributed by atoms with Crippen molar-refractivity contribution in [3.8, 4) is 0 Å². The van der Waals surface area contributed by atoms with Gasteiger partial charge in [0.15, 0.2) is 17.9 Å². The van der Waals surface area contributed by atoms with E-state index in [9.17, 15) is 14.9 Å². The third-order valence-electron chi connectivity index (χ3n) is 4.94. The van der Waals surface area contributed by atoms with Crippen molar-refractivity contribution in [2.24, 2.45) is 0 Å². The Bertz CT molecular complexity index is 806. The fraction of sp³-hybridized carbons (Fsp3) is 0.632. The number of ether oxygens (including phenoxy) is 6. The van der Waals surface area contributed by atoms with E-state index in [0.717, 1.165) is 0 Å². The Morgan fingerprint density at radius 2 is 1.59 bits per heavy atom. The van der Waals surface area contributed by atoms with E-state index in [-0.39, 0.29) is 17.9 Å². The van der Waals surface area contributed by atoms with Crippen molar-refractivity contribution in [2.45, 2.75) is 70.0 Å². The summed E-state index contributed by atoms with van der Waals surface area (Å²) in [5, 5.41) is 10.7. The van der Waals surface area contributed by atoms with Crippen LogP contribution in [-0.2, 0) is 28.4 Å². The molecule has 3 aliphatic heterocycles. The van der Waals surface area contributed by atoms with Gasteiger partial charge in [0.05, 0.1) is 10.5 Å². The Morgan fingerprint density at radius 3 is 2.24 bits per heavy atom. The summed E-state index contributed by atoms with van der Waals surface area (Å²) in [6.45, 7) is 7.06. The monoisotopic (exact) mass is 409 g/mol. The third-order valence-corrected chi connectivity index (χ3v) is 4.94. The molecular formula is C19H23NO9. The summed E-state index contributed by atoms with van der Waals surface area (Å²) in [5.41, 5.74) is 0.0946. The van der Waals surface area contributed by atoms with Crippen molar-refractivity contribution in [1.82, 2.24) is 0 Å². The molecule has 0 aliphatic carbocycles. The molecule has 5 atom stereocenters.